The Bertz CT molecular complexity index is 371. The molecule has 0 aliphatic heterocycles. The highest BCUT2D eigenvalue weighted by Crippen LogP contribution is 2.25. The molecule has 0 amide bonds. The number of hydrogen-bond acceptors (Lipinski definition) is 1. The van der Waals surface area contributed by atoms with Gasteiger partial charge in [0.1, 0.15) is 0 Å². The standard InChI is InChI=1S/C15H22BrN/c1-3-14(4-2)17-15-8-6-11-9-13(16)7-5-12(11)10-15/h5,7,9,14-15,17H,3-4,6,8,10H2,1-2H3. The largest absolute Gasteiger partial charge is 0.311 e. The lowest BCUT2D eigenvalue weighted by atomic mass is 9.88. The maximum Gasteiger partial charge on any atom is 0.0178 e. The Hall–Kier alpha value is -0.340. The molecule has 0 saturated carbocycles. The van der Waals surface area contributed by atoms with Gasteiger partial charge in [-0.05, 0) is 55.4 Å². The van der Waals surface area contributed by atoms with Crippen LogP contribution in [0.5, 0.6) is 0 Å². The number of halogens is 1. The zero-order valence-electron chi connectivity index (χ0n) is 10.8. The third kappa shape index (κ3) is 3.32. The van der Waals surface area contributed by atoms with Gasteiger partial charge in [-0.1, -0.05) is 35.8 Å². The van der Waals surface area contributed by atoms with E-state index in [1.165, 1.54) is 47.7 Å². The summed E-state index contributed by atoms with van der Waals surface area (Å²) in [6.07, 6.45) is 6.16. The molecule has 0 aromatic heterocycles. The average molecular weight is 296 g/mol. The quantitative estimate of drug-likeness (QED) is 0.882. The molecule has 1 atom stereocenters. The van der Waals surface area contributed by atoms with E-state index in [0.29, 0.717) is 12.1 Å². The van der Waals surface area contributed by atoms with Crippen molar-refractivity contribution in [2.75, 3.05) is 0 Å². The van der Waals surface area contributed by atoms with Crippen LogP contribution >= 0.6 is 15.9 Å². The lowest BCUT2D eigenvalue weighted by molar-refractivity contribution is 0.378. The first-order chi connectivity index (χ1) is 8.22. The van der Waals surface area contributed by atoms with E-state index in [9.17, 15) is 0 Å². The van der Waals surface area contributed by atoms with Crippen molar-refractivity contribution in [3.05, 3.63) is 33.8 Å². The number of nitrogens with one attached hydrogen (secondary N) is 1. The Morgan fingerprint density at radius 3 is 2.76 bits per heavy atom. The first kappa shape index (κ1) is 13.1. The van der Waals surface area contributed by atoms with Gasteiger partial charge >= 0.3 is 0 Å². The van der Waals surface area contributed by atoms with Crippen LogP contribution in [0.1, 0.15) is 44.2 Å². The van der Waals surface area contributed by atoms with Gasteiger partial charge in [-0.3, -0.25) is 0 Å². The van der Waals surface area contributed by atoms with Crippen molar-refractivity contribution < 1.29 is 0 Å². The Kier molecular flexibility index (Phi) is 4.63. The Labute approximate surface area is 113 Å². The zero-order valence-corrected chi connectivity index (χ0v) is 12.4. The third-order valence-electron chi connectivity index (χ3n) is 3.85. The molecule has 94 valence electrons. The van der Waals surface area contributed by atoms with Crippen LogP contribution in [-0.4, -0.2) is 12.1 Å². The van der Waals surface area contributed by atoms with E-state index in [4.69, 9.17) is 0 Å². The highest BCUT2D eigenvalue weighted by Gasteiger charge is 2.20. The molecular weight excluding hydrogens is 274 g/mol. The molecule has 1 aliphatic rings. The third-order valence-corrected chi connectivity index (χ3v) is 4.35. The first-order valence-corrected chi connectivity index (χ1v) is 7.55. The molecule has 2 rings (SSSR count). The van der Waals surface area contributed by atoms with Crippen LogP contribution in [-0.2, 0) is 12.8 Å². The summed E-state index contributed by atoms with van der Waals surface area (Å²) in [4.78, 5) is 0. The Morgan fingerprint density at radius 1 is 1.29 bits per heavy atom. The molecule has 17 heavy (non-hydrogen) atoms. The first-order valence-electron chi connectivity index (χ1n) is 6.76. The van der Waals surface area contributed by atoms with Crippen molar-refractivity contribution in [2.24, 2.45) is 0 Å². The second-order valence-electron chi connectivity index (χ2n) is 5.03. The van der Waals surface area contributed by atoms with E-state index in [1.807, 2.05) is 0 Å². The molecule has 0 saturated heterocycles. The van der Waals surface area contributed by atoms with E-state index in [1.54, 1.807) is 0 Å². The number of hydrogen-bond donors (Lipinski definition) is 1. The van der Waals surface area contributed by atoms with Crippen LogP contribution in [0.3, 0.4) is 0 Å². The summed E-state index contributed by atoms with van der Waals surface area (Å²) in [5.74, 6) is 0. The van der Waals surface area contributed by atoms with E-state index in [2.05, 4.69) is 53.3 Å². The minimum atomic E-state index is 0.675. The SMILES string of the molecule is CCC(CC)NC1CCc2cc(Br)ccc2C1. The summed E-state index contributed by atoms with van der Waals surface area (Å²) < 4.78 is 1.21. The van der Waals surface area contributed by atoms with Crippen molar-refractivity contribution >= 4 is 15.9 Å². The number of rotatable bonds is 4. The number of aryl methyl sites for hydroxylation is 1. The minimum Gasteiger partial charge on any atom is -0.311 e. The predicted octanol–water partition coefficient (Wildman–Crippen LogP) is 4.08. The van der Waals surface area contributed by atoms with Crippen LogP contribution in [0, 0.1) is 0 Å². The molecule has 0 fully saturated rings. The summed E-state index contributed by atoms with van der Waals surface area (Å²) in [6, 6.07) is 8.09. The van der Waals surface area contributed by atoms with Crippen LogP contribution in [0.25, 0.3) is 0 Å². The Morgan fingerprint density at radius 2 is 2.06 bits per heavy atom. The molecule has 0 bridgehead atoms. The van der Waals surface area contributed by atoms with Gasteiger partial charge in [-0.25, -0.2) is 0 Å². The second kappa shape index (κ2) is 6.01. The van der Waals surface area contributed by atoms with Crippen LogP contribution < -0.4 is 5.32 Å². The zero-order chi connectivity index (χ0) is 12.3. The van der Waals surface area contributed by atoms with Gasteiger partial charge in [-0.15, -0.1) is 0 Å². The smallest absolute Gasteiger partial charge is 0.0178 e. The normalized spacial score (nSPS) is 19.4. The van der Waals surface area contributed by atoms with E-state index in [-0.39, 0.29) is 0 Å². The minimum absolute atomic E-state index is 0.675. The molecule has 1 aliphatic carbocycles. The summed E-state index contributed by atoms with van der Waals surface area (Å²) in [6.45, 7) is 4.55. The molecule has 0 spiro atoms. The molecule has 0 radical (unpaired) electrons. The van der Waals surface area contributed by atoms with Gasteiger partial charge in [-0.2, -0.15) is 0 Å². The monoisotopic (exact) mass is 295 g/mol. The second-order valence-corrected chi connectivity index (χ2v) is 5.95. The fourth-order valence-corrected chi connectivity index (χ4v) is 3.13. The van der Waals surface area contributed by atoms with Crippen LogP contribution in [0.15, 0.2) is 22.7 Å². The highest BCUT2D eigenvalue weighted by atomic mass is 79.9. The molecule has 1 aromatic rings. The van der Waals surface area contributed by atoms with Crippen LogP contribution in [0.2, 0.25) is 0 Å². The highest BCUT2D eigenvalue weighted by molar-refractivity contribution is 9.10. The maximum atomic E-state index is 3.80. The van der Waals surface area contributed by atoms with E-state index in [0.717, 1.165) is 0 Å². The van der Waals surface area contributed by atoms with Crippen molar-refractivity contribution in [2.45, 2.75) is 58.0 Å². The molecular formula is C15H22BrN. The molecule has 0 heterocycles. The summed E-state index contributed by atoms with van der Waals surface area (Å²) in [5, 5.41) is 3.80. The van der Waals surface area contributed by atoms with Gasteiger partial charge in [0.2, 0.25) is 0 Å². The molecule has 1 unspecified atom stereocenters. The Balaban J connectivity index is 2.01. The van der Waals surface area contributed by atoms with Gasteiger partial charge < -0.3 is 5.32 Å². The lowest BCUT2D eigenvalue weighted by Crippen LogP contribution is -2.41. The van der Waals surface area contributed by atoms with Crippen molar-refractivity contribution in [1.29, 1.82) is 0 Å². The molecule has 1 aromatic carbocycles. The molecule has 1 N–H and O–H groups in total. The number of benzene rings is 1. The fourth-order valence-electron chi connectivity index (χ4n) is 2.72. The summed E-state index contributed by atoms with van der Waals surface area (Å²) in [5.41, 5.74) is 3.06. The van der Waals surface area contributed by atoms with Crippen molar-refractivity contribution in [3.8, 4) is 0 Å². The van der Waals surface area contributed by atoms with Gasteiger partial charge in [0.25, 0.3) is 0 Å². The van der Waals surface area contributed by atoms with Crippen LogP contribution in [0.4, 0.5) is 0 Å². The topological polar surface area (TPSA) is 12.0 Å². The lowest BCUT2D eigenvalue weighted by Gasteiger charge is -2.29. The van der Waals surface area contributed by atoms with Gasteiger partial charge in [0.15, 0.2) is 0 Å². The fraction of sp³-hybridized carbons (Fsp3) is 0.600. The van der Waals surface area contributed by atoms with E-state index < -0.39 is 0 Å². The van der Waals surface area contributed by atoms with Crippen molar-refractivity contribution in [3.63, 3.8) is 0 Å². The van der Waals surface area contributed by atoms with Gasteiger partial charge in [0.05, 0.1) is 0 Å². The predicted molar refractivity (Wildman–Crippen MR) is 77.5 cm³/mol. The summed E-state index contributed by atoms with van der Waals surface area (Å²) in [7, 11) is 0. The summed E-state index contributed by atoms with van der Waals surface area (Å²) >= 11 is 3.55. The van der Waals surface area contributed by atoms with Crippen molar-refractivity contribution in [1.82, 2.24) is 5.32 Å². The molecule has 1 nitrogen and oxygen atoms in total. The van der Waals surface area contributed by atoms with Gasteiger partial charge in [0, 0.05) is 16.6 Å². The number of fused-ring (bicyclic) bond motifs is 1. The maximum absolute atomic E-state index is 3.80. The van der Waals surface area contributed by atoms with E-state index >= 15 is 0 Å². The molecule has 2 heteroatoms. The average Bonchev–Trinajstić information content (AvgIpc) is 2.36.